The van der Waals surface area contributed by atoms with Crippen molar-refractivity contribution in [1.29, 1.82) is 0 Å². The third-order valence-corrected chi connectivity index (χ3v) is 3.90. The Balaban J connectivity index is 2.34. The first kappa shape index (κ1) is 17.0. The summed E-state index contributed by atoms with van der Waals surface area (Å²) in [6.07, 6.45) is 2.54. The Morgan fingerprint density at radius 1 is 1.22 bits per heavy atom. The molecule has 0 spiro atoms. The molecular formula is C19H23FN2O. The van der Waals surface area contributed by atoms with E-state index in [1.165, 1.54) is 12.1 Å². The molecule has 0 bridgehead atoms. The fraction of sp³-hybridized carbons (Fsp3) is 0.316. The van der Waals surface area contributed by atoms with Gasteiger partial charge in [-0.25, -0.2) is 9.38 Å². The zero-order valence-electron chi connectivity index (χ0n) is 14.1. The monoisotopic (exact) mass is 314 g/mol. The van der Waals surface area contributed by atoms with Crippen molar-refractivity contribution in [2.45, 2.75) is 20.3 Å². The van der Waals surface area contributed by atoms with E-state index in [1.807, 2.05) is 42.6 Å². The Hall–Kier alpha value is -2.36. The van der Waals surface area contributed by atoms with Gasteiger partial charge in [0.25, 0.3) is 0 Å². The quantitative estimate of drug-likeness (QED) is 0.585. The molecule has 0 saturated heterocycles. The highest BCUT2D eigenvalue weighted by molar-refractivity contribution is 5.65. The largest absolute Gasteiger partial charge is 0.497 e. The molecule has 0 aliphatic rings. The van der Waals surface area contributed by atoms with E-state index in [9.17, 15) is 4.39 Å². The summed E-state index contributed by atoms with van der Waals surface area (Å²) in [5.74, 6) is 0.558. The van der Waals surface area contributed by atoms with Crippen LogP contribution < -0.4 is 4.74 Å². The third-order valence-electron chi connectivity index (χ3n) is 3.90. The Morgan fingerprint density at radius 3 is 2.52 bits per heavy atom. The van der Waals surface area contributed by atoms with Gasteiger partial charge in [0.2, 0.25) is 0 Å². The van der Waals surface area contributed by atoms with Crippen LogP contribution >= 0.6 is 0 Å². The Bertz CT molecular complexity index is 681. The summed E-state index contributed by atoms with van der Waals surface area (Å²) in [5, 5.41) is 0. The molecule has 0 fully saturated rings. The van der Waals surface area contributed by atoms with Crippen molar-refractivity contribution in [3.8, 4) is 5.75 Å². The molecule has 0 aromatic heterocycles. The van der Waals surface area contributed by atoms with Crippen molar-refractivity contribution in [3.63, 3.8) is 0 Å². The lowest BCUT2D eigenvalue weighted by atomic mass is 9.99. The van der Waals surface area contributed by atoms with E-state index in [0.29, 0.717) is 0 Å². The van der Waals surface area contributed by atoms with E-state index in [2.05, 4.69) is 18.8 Å². The van der Waals surface area contributed by atoms with Crippen molar-refractivity contribution in [2.75, 3.05) is 20.7 Å². The first-order valence-electron chi connectivity index (χ1n) is 7.70. The van der Waals surface area contributed by atoms with Crippen LogP contribution in [-0.2, 0) is 6.42 Å². The first-order valence-corrected chi connectivity index (χ1v) is 7.70. The number of nitrogens with zero attached hydrogens (tertiary/aromatic N) is 2. The summed E-state index contributed by atoms with van der Waals surface area (Å²) in [7, 11) is 3.64. The molecule has 122 valence electrons. The predicted molar refractivity (Wildman–Crippen MR) is 93.4 cm³/mol. The normalized spacial score (nSPS) is 11.0. The van der Waals surface area contributed by atoms with Gasteiger partial charge in [0.1, 0.15) is 11.6 Å². The standard InChI is InChI=1S/C19H23FN2O/c1-5-22(3)13-21-19-12-18(23-4)11-16(14(19)2)10-15-6-8-17(20)9-7-15/h6-9,11-13H,5,10H2,1-4H3/b21-13+. The highest BCUT2D eigenvalue weighted by atomic mass is 19.1. The lowest BCUT2D eigenvalue weighted by molar-refractivity contribution is 0.414. The van der Waals surface area contributed by atoms with Gasteiger partial charge in [0, 0.05) is 19.7 Å². The number of hydrogen-bond acceptors (Lipinski definition) is 2. The molecule has 0 aliphatic carbocycles. The van der Waals surface area contributed by atoms with Crippen LogP contribution in [0.2, 0.25) is 0 Å². The fourth-order valence-electron chi connectivity index (χ4n) is 2.23. The van der Waals surface area contributed by atoms with Gasteiger partial charge >= 0.3 is 0 Å². The maximum Gasteiger partial charge on any atom is 0.123 e. The summed E-state index contributed by atoms with van der Waals surface area (Å²) in [5.41, 5.74) is 4.18. The van der Waals surface area contributed by atoms with Gasteiger partial charge in [-0.3, -0.25) is 0 Å². The van der Waals surface area contributed by atoms with Gasteiger partial charge < -0.3 is 9.64 Å². The number of aliphatic imine (C=N–C) groups is 1. The minimum atomic E-state index is -0.219. The summed E-state index contributed by atoms with van der Waals surface area (Å²) in [4.78, 5) is 6.57. The molecule has 0 heterocycles. The van der Waals surface area contributed by atoms with Gasteiger partial charge in [0.15, 0.2) is 0 Å². The predicted octanol–water partition coefficient (Wildman–Crippen LogP) is 4.35. The molecule has 2 rings (SSSR count). The molecular weight excluding hydrogens is 291 g/mol. The van der Waals surface area contributed by atoms with Crippen molar-refractivity contribution < 1.29 is 9.13 Å². The SMILES string of the molecule is CCN(C)/C=N/c1cc(OC)cc(Cc2ccc(F)cc2)c1C. The van der Waals surface area contributed by atoms with Crippen molar-refractivity contribution in [2.24, 2.45) is 4.99 Å². The molecule has 0 saturated carbocycles. The molecule has 0 atom stereocenters. The molecule has 4 heteroatoms. The van der Waals surface area contributed by atoms with Crippen molar-refractivity contribution in [3.05, 3.63) is 58.9 Å². The lowest BCUT2D eigenvalue weighted by Gasteiger charge is -2.13. The Morgan fingerprint density at radius 2 is 1.91 bits per heavy atom. The van der Waals surface area contributed by atoms with E-state index >= 15 is 0 Å². The van der Waals surface area contributed by atoms with Crippen LogP contribution in [0.5, 0.6) is 5.75 Å². The molecule has 2 aromatic carbocycles. The molecule has 0 amide bonds. The summed E-state index contributed by atoms with van der Waals surface area (Å²) in [6.45, 7) is 5.02. The highest BCUT2D eigenvalue weighted by Gasteiger charge is 2.08. The molecule has 0 unspecified atom stereocenters. The topological polar surface area (TPSA) is 24.8 Å². The van der Waals surface area contributed by atoms with E-state index < -0.39 is 0 Å². The summed E-state index contributed by atoms with van der Waals surface area (Å²) in [6, 6.07) is 10.5. The third kappa shape index (κ3) is 4.55. The van der Waals surface area contributed by atoms with Crippen LogP contribution in [0.3, 0.4) is 0 Å². The highest BCUT2D eigenvalue weighted by Crippen LogP contribution is 2.30. The van der Waals surface area contributed by atoms with E-state index in [-0.39, 0.29) is 5.82 Å². The molecule has 0 N–H and O–H groups in total. The number of benzene rings is 2. The van der Waals surface area contributed by atoms with E-state index in [4.69, 9.17) is 4.74 Å². The van der Waals surface area contributed by atoms with Crippen LogP contribution in [0.1, 0.15) is 23.6 Å². The fourth-order valence-corrected chi connectivity index (χ4v) is 2.23. The number of ether oxygens (including phenoxy) is 1. The zero-order valence-corrected chi connectivity index (χ0v) is 14.1. The van der Waals surface area contributed by atoms with Gasteiger partial charge in [-0.05, 0) is 55.2 Å². The van der Waals surface area contributed by atoms with Crippen LogP contribution in [-0.4, -0.2) is 31.9 Å². The summed E-state index contributed by atoms with van der Waals surface area (Å²) >= 11 is 0. The minimum absolute atomic E-state index is 0.219. The Labute approximate surface area is 137 Å². The average Bonchev–Trinajstić information content (AvgIpc) is 2.57. The minimum Gasteiger partial charge on any atom is -0.497 e. The maximum atomic E-state index is 13.1. The second-order valence-electron chi connectivity index (χ2n) is 5.55. The first-order chi connectivity index (χ1) is 11.0. The lowest BCUT2D eigenvalue weighted by Crippen LogP contribution is -2.14. The van der Waals surface area contributed by atoms with E-state index in [1.54, 1.807) is 7.11 Å². The van der Waals surface area contributed by atoms with Crippen molar-refractivity contribution >= 4 is 12.0 Å². The number of halogens is 1. The number of methoxy groups -OCH3 is 1. The molecule has 0 aliphatic heterocycles. The van der Waals surface area contributed by atoms with Gasteiger partial charge in [-0.1, -0.05) is 12.1 Å². The van der Waals surface area contributed by atoms with E-state index in [0.717, 1.165) is 41.1 Å². The van der Waals surface area contributed by atoms with Crippen LogP contribution in [0.25, 0.3) is 0 Å². The second kappa shape index (κ2) is 7.77. The van der Waals surface area contributed by atoms with Crippen LogP contribution in [0, 0.1) is 12.7 Å². The smallest absolute Gasteiger partial charge is 0.123 e. The number of rotatable bonds is 6. The molecule has 2 aromatic rings. The molecule has 3 nitrogen and oxygen atoms in total. The summed E-state index contributed by atoms with van der Waals surface area (Å²) < 4.78 is 18.4. The van der Waals surface area contributed by atoms with Gasteiger partial charge in [-0.2, -0.15) is 0 Å². The molecule has 0 radical (unpaired) electrons. The van der Waals surface area contributed by atoms with Gasteiger partial charge in [-0.15, -0.1) is 0 Å². The zero-order chi connectivity index (χ0) is 16.8. The second-order valence-corrected chi connectivity index (χ2v) is 5.55. The van der Waals surface area contributed by atoms with Gasteiger partial charge in [0.05, 0.1) is 19.1 Å². The average molecular weight is 314 g/mol. The maximum absolute atomic E-state index is 13.1. The molecule has 23 heavy (non-hydrogen) atoms. The van der Waals surface area contributed by atoms with Crippen molar-refractivity contribution in [1.82, 2.24) is 4.90 Å². The van der Waals surface area contributed by atoms with Crippen LogP contribution in [0.15, 0.2) is 41.4 Å². The van der Waals surface area contributed by atoms with Crippen LogP contribution in [0.4, 0.5) is 10.1 Å². The number of hydrogen-bond donors (Lipinski definition) is 0. The Kier molecular flexibility index (Phi) is 5.74.